The summed E-state index contributed by atoms with van der Waals surface area (Å²) >= 11 is 1.52. The number of likely N-dealkylation sites (tertiary alicyclic amines) is 2. The molecule has 2 saturated heterocycles. The normalized spacial score (nSPS) is 24.8. The van der Waals surface area contributed by atoms with E-state index in [9.17, 15) is 14.7 Å². The number of aliphatic hydroxyl groups excluding tert-OH is 1. The van der Waals surface area contributed by atoms with E-state index in [4.69, 9.17) is 0 Å². The Balaban J connectivity index is 1.49. The molecule has 2 aliphatic rings. The molecule has 0 aliphatic carbocycles. The molecule has 1 aromatic heterocycles. The first-order chi connectivity index (χ1) is 12.9. The molecule has 1 N–H and O–H groups in total. The standard InChI is InChI=1S/C20H25N3O3S/c1-21(2)10-18(25)22-8-15-9-23(12-20(15,11-22)13-24)19(26)17-7-14-5-3-4-6-16(14)27-17/h3-7,15,24H,8-13H2,1-2H3/t15-,20+/m1/s1. The van der Waals surface area contributed by atoms with Crippen LogP contribution in [0.4, 0.5) is 0 Å². The topological polar surface area (TPSA) is 64.1 Å². The average Bonchev–Trinajstić information content (AvgIpc) is 3.30. The number of carbonyl (C=O) groups excluding carboxylic acids is 2. The first kappa shape index (κ1) is 18.4. The van der Waals surface area contributed by atoms with Crippen LogP contribution in [0, 0.1) is 11.3 Å². The molecule has 144 valence electrons. The number of benzene rings is 1. The first-order valence-corrected chi connectivity index (χ1v) is 10.0. The third-order valence-electron chi connectivity index (χ3n) is 5.80. The third kappa shape index (κ3) is 3.24. The van der Waals surface area contributed by atoms with E-state index in [1.54, 1.807) is 0 Å². The lowest BCUT2D eigenvalue weighted by atomic mass is 9.82. The van der Waals surface area contributed by atoms with E-state index >= 15 is 0 Å². The second-order valence-corrected chi connectivity index (χ2v) is 9.15. The minimum atomic E-state index is -0.395. The minimum Gasteiger partial charge on any atom is -0.396 e. The number of hydrogen-bond acceptors (Lipinski definition) is 5. The van der Waals surface area contributed by atoms with Gasteiger partial charge < -0.3 is 19.8 Å². The second kappa shape index (κ2) is 6.89. The number of rotatable bonds is 4. The molecule has 0 spiro atoms. The maximum absolute atomic E-state index is 13.0. The number of likely N-dealkylation sites (N-methyl/N-ethyl adjacent to an activating group) is 1. The Morgan fingerprint density at radius 1 is 1.22 bits per heavy atom. The Morgan fingerprint density at radius 2 is 1.93 bits per heavy atom. The maximum Gasteiger partial charge on any atom is 0.263 e. The minimum absolute atomic E-state index is 0.000390. The van der Waals surface area contributed by atoms with Crippen LogP contribution in [0.2, 0.25) is 0 Å². The summed E-state index contributed by atoms with van der Waals surface area (Å²) in [6, 6.07) is 9.95. The average molecular weight is 388 g/mol. The van der Waals surface area contributed by atoms with Gasteiger partial charge in [-0.15, -0.1) is 11.3 Å². The summed E-state index contributed by atoms with van der Waals surface area (Å²) in [5.74, 6) is 0.251. The summed E-state index contributed by atoms with van der Waals surface area (Å²) in [4.78, 5) is 31.8. The van der Waals surface area contributed by atoms with Gasteiger partial charge in [0.1, 0.15) is 0 Å². The lowest BCUT2D eigenvalue weighted by Gasteiger charge is -2.27. The van der Waals surface area contributed by atoms with Crippen molar-refractivity contribution < 1.29 is 14.7 Å². The van der Waals surface area contributed by atoms with Crippen molar-refractivity contribution in [2.75, 3.05) is 53.4 Å². The predicted molar refractivity (Wildman–Crippen MR) is 106 cm³/mol. The molecule has 0 unspecified atom stereocenters. The van der Waals surface area contributed by atoms with E-state index in [0.29, 0.717) is 32.7 Å². The predicted octanol–water partition coefficient (Wildman–Crippen LogP) is 1.36. The lowest BCUT2D eigenvalue weighted by molar-refractivity contribution is -0.131. The van der Waals surface area contributed by atoms with Crippen LogP contribution in [-0.2, 0) is 4.79 Å². The number of aliphatic hydroxyl groups is 1. The second-order valence-electron chi connectivity index (χ2n) is 8.06. The SMILES string of the molecule is CN(C)CC(=O)N1C[C@@H]2CN(C(=O)c3cc4ccccc4s3)C[C@]2(CO)C1. The molecular weight excluding hydrogens is 362 g/mol. The highest BCUT2D eigenvalue weighted by molar-refractivity contribution is 7.20. The fraction of sp³-hybridized carbons (Fsp3) is 0.500. The summed E-state index contributed by atoms with van der Waals surface area (Å²) in [5, 5.41) is 11.2. The van der Waals surface area contributed by atoms with Gasteiger partial charge in [-0.05, 0) is 31.6 Å². The quantitative estimate of drug-likeness (QED) is 0.860. The summed E-state index contributed by atoms with van der Waals surface area (Å²) in [5.41, 5.74) is -0.395. The van der Waals surface area contributed by atoms with Crippen LogP contribution in [0.5, 0.6) is 0 Å². The van der Waals surface area contributed by atoms with Gasteiger partial charge in [0.05, 0.1) is 18.0 Å². The van der Waals surface area contributed by atoms with E-state index < -0.39 is 5.41 Å². The number of hydrogen-bond donors (Lipinski definition) is 1. The van der Waals surface area contributed by atoms with E-state index in [1.165, 1.54) is 11.3 Å². The molecule has 0 bridgehead atoms. The van der Waals surface area contributed by atoms with Gasteiger partial charge >= 0.3 is 0 Å². The molecule has 2 atom stereocenters. The number of nitrogens with zero attached hydrogens (tertiary/aromatic N) is 3. The summed E-state index contributed by atoms with van der Waals surface area (Å²) < 4.78 is 1.11. The van der Waals surface area contributed by atoms with Crippen LogP contribution in [0.15, 0.2) is 30.3 Å². The largest absolute Gasteiger partial charge is 0.396 e. The summed E-state index contributed by atoms with van der Waals surface area (Å²) in [6.45, 7) is 2.62. The van der Waals surface area contributed by atoms with Gasteiger partial charge in [-0.1, -0.05) is 18.2 Å². The van der Waals surface area contributed by atoms with Crippen LogP contribution in [0.3, 0.4) is 0 Å². The number of thiophene rings is 1. The van der Waals surface area contributed by atoms with Gasteiger partial charge in [0.2, 0.25) is 5.91 Å². The highest BCUT2D eigenvalue weighted by Gasteiger charge is 2.54. The van der Waals surface area contributed by atoms with Gasteiger partial charge in [0.25, 0.3) is 5.91 Å². The van der Waals surface area contributed by atoms with Crippen LogP contribution in [0.25, 0.3) is 10.1 Å². The van der Waals surface area contributed by atoms with Crippen molar-refractivity contribution in [3.8, 4) is 0 Å². The molecule has 2 amide bonds. The molecule has 7 heteroatoms. The monoisotopic (exact) mass is 387 g/mol. The van der Waals surface area contributed by atoms with Crippen molar-refractivity contribution in [2.24, 2.45) is 11.3 Å². The fourth-order valence-electron chi connectivity index (χ4n) is 4.36. The zero-order chi connectivity index (χ0) is 19.2. The molecular formula is C20H25N3O3S. The van der Waals surface area contributed by atoms with Crippen LogP contribution < -0.4 is 0 Å². The molecule has 27 heavy (non-hydrogen) atoms. The van der Waals surface area contributed by atoms with Crippen LogP contribution in [0.1, 0.15) is 9.67 Å². The van der Waals surface area contributed by atoms with Crippen LogP contribution in [-0.4, -0.2) is 85.0 Å². The van der Waals surface area contributed by atoms with Crippen molar-refractivity contribution in [3.63, 3.8) is 0 Å². The molecule has 2 aliphatic heterocycles. The molecule has 6 nitrogen and oxygen atoms in total. The first-order valence-electron chi connectivity index (χ1n) is 9.23. The Bertz CT molecular complexity index is 847. The Morgan fingerprint density at radius 3 is 2.59 bits per heavy atom. The molecule has 0 radical (unpaired) electrons. The summed E-state index contributed by atoms with van der Waals surface area (Å²) in [7, 11) is 3.75. The van der Waals surface area contributed by atoms with Gasteiger partial charge in [0, 0.05) is 42.2 Å². The number of fused-ring (bicyclic) bond motifs is 2. The van der Waals surface area contributed by atoms with Crippen molar-refractivity contribution >= 4 is 33.2 Å². The van der Waals surface area contributed by atoms with E-state index in [2.05, 4.69) is 0 Å². The van der Waals surface area contributed by atoms with E-state index in [1.807, 2.05) is 59.1 Å². The Labute approximate surface area is 163 Å². The molecule has 3 heterocycles. The Kier molecular flexibility index (Phi) is 4.70. The lowest BCUT2D eigenvalue weighted by Crippen LogP contribution is -2.42. The van der Waals surface area contributed by atoms with E-state index in [0.717, 1.165) is 15.0 Å². The fourth-order valence-corrected chi connectivity index (χ4v) is 5.39. The van der Waals surface area contributed by atoms with Crippen LogP contribution >= 0.6 is 11.3 Å². The molecule has 2 aromatic rings. The van der Waals surface area contributed by atoms with E-state index in [-0.39, 0.29) is 24.3 Å². The number of carbonyl (C=O) groups is 2. The number of amides is 2. The van der Waals surface area contributed by atoms with Crippen molar-refractivity contribution in [3.05, 3.63) is 35.2 Å². The summed E-state index contributed by atoms with van der Waals surface area (Å²) in [6.07, 6.45) is 0. The molecule has 2 fully saturated rings. The Hall–Kier alpha value is -1.96. The van der Waals surface area contributed by atoms with Crippen molar-refractivity contribution in [2.45, 2.75) is 0 Å². The zero-order valence-electron chi connectivity index (χ0n) is 15.7. The molecule has 0 saturated carbocycles. The molecule has 4 rings (SSSR count). The van der Waals surface area contributed by atoms with Gasteiger partial charge in [-0.3, -0.25) is 9.59 Å². The van der Waals surface area contributed by atoms with Crippen molar-refractivity contribution in [1.82, 2.24) is 14.7 Å². The van der Waals surface area contributed by atoms with Gasteiger partial charge in [-0.25, -0.2) is 0 Å². The highest BCUT2D eigenvalue weighted by atomic mass is 32.1. The smallest absolute Gasteiger partial charge is 0.263 e. The molecule has 1 aromatic carbocycles. The maximum atomic E-state index is 13.0. The third-order valence-corrected chi connectivity index (χ3v) is 6.91. The highest BCUT2D eigenvalue weighted by Crippen LogP contribution is 2.43. The van der Waals surface area contributed by atoms with Gasteiger partial charge in [-0.2, -0.15) is 0 Å². The zero-order valence-corrected chi connectivity index (χ0v) is 16.5. The van der Waals surface area contributed by atoms with Gasteiger partial charge in [0.15, 0.2) is 0 Å². The van der Waals surface area contributed by atoms with Crippen molar-refractivity contribution in [1.29, 1.82) is 0 Å².